The highest BCUT2D eigenvalue weighted by molar-refractivity contribution is 9.10. The number of rotatable bonds is 2. The Balaban J connectivity index is 3.24. The normalized spacial score (nSPS) is 9.58. The molecule has 0 amide bonds. The van der Waals surface area contributed by atoms with Crippen LogP contribution in [-0.4, -0.2) is 14.2 Å². The fraction of sp³-hybridized carbons (Fsp3) is 0.250. The zero-order valence-corrected chi connectivity index (χ0v) is 8.51. The number of benzene rings is 1. The van der Waals surface area contributed by atoms with Gasteiger partial charge in [-0.15, -0.1) is 0 Å². The smallest absolute Gasteiger partial charge is 0.159 e. The third kappa shape index (κ3) is 1.48. The van der Waals surface area contributed by atoms with Gasteiger partial charge in [0.05, 0.1) is 18.7 Å². The SMILES string of the molecule is COc1ccc(Br)c(OC)c1N. The summed E-state index contributed by atoms with van der Waals surface area (Å²) < 4.78 is 10.9. The second-order valence-corrected chi connectivity index (χ2v) is 3.05. The first-order valence-electron chi connectivity index (χ1n) is 3.36. The van der Waals surface area contributed by atoms with Gasteiger partial charge in [-0.05, 0) is 28.1 Å². The summed E-state index contributed by atoms with van der Waals surface area (Å²) in [5, 5.41) is 0. The molecule has 2 N–H and O–H groups in total. The molecule has 1 aromatic carbocycles. The van der Waals surface area contributed by atoms with E-state index < -0.39 is 0 Å². The van der Waals surface area contributed by atoms with Gasteiger partial charge >= 0.3 is 0 Å². The van der Waals surface area contributed by atoms with Gasteiger partial charge in [0, 0.05) is 0 Å². The van der Waals surface area contributed by atoms with Crippen LogP contribution in [0.5, 0.6) is 11.5 Å². The van der Waals surface area contributed by atoms with E-state index in [1.165, 1.54) is 0 Å². The van der Waals surface area contributed by atoms with Crippen LogP contribution in [0.4, 0.5) is 5.69 Å². The van der Waals surface area contributed by atoms with Gasteiger partial charge in [0.25, 0.3) is 0 Å². The van der Waals surface area contributed by atoms with E-state index in [0.29, 0.717) is 17.2 Å². The fourth-order valence-corrected chi connectivity index (χ4v) is 1.45. The lowest BCUT2D eigenvalue weighted by molar-refractivity contribution is 0.396. The molecular weight excluding hydrogens is 222 g/mol. The topological polar surface area (TPSA) is 44.5 Å². The predicted octanol–water partition coefficient (Wildman–Crippen LogP) is 2.05. The van der Waals surface area contributed by atoms with Crippen molar-refractivity contribution in [1.29, 1.82) is 0 Å². The van der Waals surface area contributed by atoms with Gasteiger partial charge < -0.3 is 15.2 Å². The Morgan fingerprint density at radius 2 is 1.92 bits per heavy atom. The molecule has 0 radical (unpaired) electrons. The lowest BCUT2D eigenvalue weighted by Gasteiger charge is -2.10. The molecule has 0 aliphatic heterocycles. The summed E-state index contributed by atoms with van der Waals surface area (Å²) in [4.78, 5) is 0. The van der Waals surface area contributed by atoms with E-state index in [9.17, 15) is 0 Å². The van der Waals surface area contributed by atoms with Crippen LogP contribution < -0.4 is 15.2 Å². The zero-order valence-electron chi connectivity index (χ0n) is 6.93. The van der Waals surface area contributed by atoms with Gasteiger partial charge in [0.2, 0.25) is 0 Å². The molecule has 66 valence electrons. The number of halogens is 1. The highest BCUT2D eigenvalue weighted by Crippen LogP contribution is 2.37. The molecule has 0 aliphatic rings. The molecule has 0 spiro atoms. The van der Waals surface area contributed by atoms with Crippen LogP contribution in [-0.2, 0) is 0 Å². The largest absolute Gasteiger partial charge is 0.494 e. The molecule has 1 aromatic rings. The maximum atomic E-state index is 5.73. The Kier molecular flexibility index (Phi) is 2.81. The molecule has 0 fully saturated rings. The minimum Gasteiger partial charge on any atom is -0.494 e. The van der Waals surface area contributed by atoms with E-state index in [0.717, 1.165) is 4.47 Å². The summed E-state index contributed by atoms with van der Waals surface area (Å²) in [6.07, 6.45) is 0. The fourth-order valence-electron chi connectivity index (χ4n) is 0.940. The number of nitrogens with two attached hydrogens (primary N) is 1. The van der Waals surface area contributed by atoms with Crippen molar-refractivity contribution in [1.82, 2.24) is 0 Å². The van der Waals surface area contributed by atoms with Crippen molar-refractivity contribution in [2.24, 2.45) is 0 Å². The van der Waals surface area contributed by atoms with E-state index in [4.69, 9.17) is 15.2 Å². The van der Waals surface area contributed by atoms with E-state index in [1.54, 1.807) is 20.3 Å². The van der Waals surface area contributed by atoms with Crippen LogP contribution in [0, 0.1) is 0 Å². The second-order valence-electron chi connectivity index (χ2n) is 2.20. The van der Waals surface area contributed by atoms with Crippen molar-refractivity contribution >= 4 is 21.6 Å². The number of nitrogen functional groups attached to an aromatic ring is 1. The minimum atomic E-state index is 0.509. The van der Waals surface area contributed by atoms with Gasteiger partial charge in [-0.2, -0.15) is 0 Å². The van der Waals surface area contributed by atoms with Gasteiger partial charge in [-0.25, -0.2) is 0 Å². The summed E-state index contributed by atoms with van der Waals surface area (Å²) in [7, 11) is 3.13. The van der Waals surface area contributed by atoms with E-state index in [2.05, 4.69) is 15.9 Å². The third-order valence-corrected chi connectivity index (χ3v) is 2.16. The van der Waals surface area contributed by atoms with Gasteiger partial charge in [0.15, 0.2) is 5.75 Å². The molecule has 12 heavy (non-hydrogen) atoms. The van der Waals surface area contributed by atoms with Crippen molar-refractivity contribution in [3.63, 3.8) is 0 Å². The molecule has 3 nitrogen and oxygen atoms in total. The van der Waals surface area contributed by atoms with Crippen molar-refractivity contribution in [2.45, 2.75) is 0 Å². The number of hydrogen-bond donors (Lipinski definition) is 1. The molecule has 0 unspecified atom stereocenters. The monoisotopic (exact) mass is 231 g/mol. The average molecular weight is 232 g/mol. The quantitative estimate of drug-likeness (QED) is 0.793. The van der Waals surface area contributed by atoms with Crippen molar-refractivity contribution in [3.8, 4) is 11.5 Å². The van der Waals surface area contributed by atoms with Crippen molar-refractivity contribution < 1.29 is 9.47 Å². The lowest BCUT2D eigenvalue weighted by atomic mass is 10.3. The summed E-state index contributed by atoms with van der Waals surface area (Å²) in [6.45, 7) is 0. The summed E-state index contributed by atoms with van der Waals surface area (Å²) in [6, 6.07) is 3.61. The Morgan fingerprint density at radius 1 is 1.25 bits per heavy atom. The maximum Gasteiger partial charge on any atom is 0.159 e. The molecule has 0 atom stereocenters. The summed E-state index contributed by atoms with van der Waals surface area (Å²) in [5.41, 5.74) is 6.23. The number of hydrogen-bond acceptors (Lipinski definition) is 3. The first-order chi connectivity index (χ1) is 5.70. The Bertz CT molecular complexity index is 289. The zero-order chi connectivity index (χ0) is 9.14. The second kappa shape index (κ2) is 3.67. The third-order valence-electron chi connectivity index (χ3n) is 1.53. The van der Waals surface area contributed by atoms with Crippen molar-refractivity contribution in [3.05, 3.63) is 16.6 Å². The Morgan fingerprint density at radius 3 is 2.42 bits per heavy atom. The molecule has 0 aromatic heterocycles. The number of ether oxygens (including phenoxy) is 2. The van der Waals surface area contributed by atoms with E-state index >= 15 is 0 Å². The van der Waals surface area contributed by atoms with Crippen LogP contribution in [0.15, 0.2) is 16.6 Å². The van der Waals surface area contributed by atoms with Crippen LogP contribution in [0.1, 0.15) is 0 Å². The minimum absolute atomic E-state index is 0.509. The molecule has 0 saturated heterocycles. The summed E-state index contributed by atoms with van der Waals surface area (Å²) in [5.74, 6) is 1.23. The molecule has 1 rings (SSSR count). The molecular formula is C8H10BrNO2. The van der Waals surface area contributed by atoms with E-state index in [1.807, 2.05) is 6.07 Å². The number of anilines is 1. The van der Waals surface area contributed by atoms with E-state index in [-0.39, 0.29) is 0 Å². The van der Waals surface area contributed by atoms with Gasteiger partial charge in [-0.3, -0.25) is 0 Å². The number of methoxy groups -OCH3 is 2. The molecule has 0 saturated carbocycles. The lowest BCUT2D eigenvalue weighted by Crippen LogP contribution is -1.96. The molecule has 0 bridgehead atoms. The standard InChI is InChI=1S/C8H10BrNO2/c1-11-6-4-3-5(9)8(12-2)7(6)10/h3-4H,10H2,1-2H3. The van der Waals surface area contributed by atoms with Crippen LogP contribution >= 0.6 is 15.9 Å². The van der Waals surface area contributed by atoms with Crippen molar-refractivity contribution in [2.75, 3.05) is 20.0 Å². The molecule has 0 heterocycles. The first kappa shape index (κ1) is 9.19. The Labute approximate surface area is 79.6 Å². The predicted molar refractivity (Wildman–Crippen MR) is 51.7 cm³/mol. The van der Waals surface area contributed by atoms with Gasteiger partial charge in [-0.1, -0.05) is 0 Å². The Hall–Kier alpha value is -0.900. The summed E-state index contributed by atoms with van der Waals surface area (Å²) >= 11 is 3.31. The molecule has 4 heteroatoms. The molecule has 0 aliphatic carbocycles. The van der Waals surface area contributed by atoms with Crippen LogP contribution in [0.25, 0.3) is 0 Å². The highest BCUT2D eigenvalue weighted by atomic mass is 79.9. The van der Waals surface area contributed by atoms with Gasteiger partial charge in [0.1, 0.15) is 11.4 Å². The average Bonchev–Trinajstić information content (AvgIpc) is 2.06. The van der Waals surface area contributed by atoms with Crippen LogP contribution in [0.2, 0.25) is 0 Å². The first-order valence-corrected chi connectivity index (χ1v) is 4.16. The van der Waals surface area contributed by atoms with Crippen LogP contribution in [0.3, 0.4) is 0 Å². The highest BCUT2D eigenvalue weighted by Gasteiger charge is 2.09. The maximum absolute atomic E-state index is 5.73.